The maximum atomic E-state index is 14.2. The summed E-state index contributed by atoms with van der Waals surface area (Å²) in [7, 11) is -2.65. The van der Waals surface area contributed by atoms with Crippen LogP contribution in [0.3, 0.4) is 0 Å². The Balaban J connectivity index is 1.68. The second-order valence-electron chi connectivity index (χ2n) is 10.4. The number of rotatable bonds is 12. The van der Waals surface area contributed by atoms with Crippen molar-refractivity contribution in [2.45, 2.75) is 69.0 Å². The van der Waals surface area contributed by atoms with Gasteiger partial charge in [-0.2, -0.15) is 0 Å². The summed E-state index contributed by atoms with van der Waals surface area (Å²) in [5.41, 5.74) is 1.12. The Morgan fingerprint density at radius 2 is 1.60 bits per heavy atom. The Hall–Kier alpha value is -3.56. The van der Waals surface area contributed by atoms with Crippen LogP contribution >= 0.6 is 11.6 Å². The summed E-state index contributed by atoms with van der Waals surface area (Å²) in [5, 5.41) is 3.71. The molecule has 1 fully saturated rings. The van der Waals surface area contributed by atoms with E-state index in [0.717, 1.165) is 42.0 Å². The van der Waals surface area contributed by atoms with Crippen molar-refractivity contribution >= 4 is 39.1 Å². The number of benzene rings is 3. The van der Waals surface area contributed by atoms with Crippen LogP contribution in [0.1, 0.15) is 51.0 Å². The molecule has 0 spiro atoms. The van der Waals surface area contributed by atoms with Gasteiger partial charge in [0, 0.05) is 17.6 Å². The lowest BCUT2D eigenvalue weighted by Gasteiger charge is -2.34. The zero-order valence-electron chi connectivity index (χ0n) is 24.0. The molecule has 1 N–H and O–H groups in total. The molecule has 0 radical (unpaired) electrons. The Kier molecular flexibility index (Phi) is 10.9. The first-order valence-corrected chi connectivity index (χ1v) is 16.1. The largest absolute Gasteiger partial charge is 0.497 e. The third-order valence-electron chi connectivity index (χ3n) is 7.57. The van der Waals surface area contributed by atoms with E-state index < -0.39 is 28.5 Å². The highest BCUT2D eigenvalue weighted by molar-refractivity contribution is 7.92. The molecule has 0 unspecified atom stereocenters. The molecule has 0 aliphatic heterocycles. The van der Waals surface area contributed by atoms with Crippen molar-refractivity contribution in [2.24, 2.45) is 0 Å². The predicted octanol–water partition coefficient (Wildman–Crippen LogP) is 5.80. The van der Waals surface area contributed by atoms with Gasteiger partial charge in [0.25, 0.3) is 10.0 Å². The standard InChI is InChI=1S/C32H38ClN3O5S/c1-3-30(32(38)34-26-10-6-4-7-11-26)35(22-24-14-16-25(33)17-15-24)31(37)23-36(27-12-8-5-9-13-27)42(39,40)29-20-18-28(41-2)19-21-29/h5,8-9,12-21,26,30H,3-4,6-7,10-11,22-23H2,1-2H3,(H,34,38)/t30-/m1/s1. The van der Waals surface area contributed by atoms with Crippen LogP contribution < -0.4 is 14.4 Å². The fourth-order valence-corrected chi connectivity index (χ4v) is 6.79. The van der Waals surface area contributed by atoms with E-state index in [4.69, 9.17) is 16.3 Å². The number of amides is 2. The first kappa shape index (κ1) is 31.4. The third kappa shape index (κ3) is 7.83. The Labute approximate surface area is 253 Å². The SMILES string of the molecule is CC[C@H](C(=O)NC1CCCCC1)N(Cc1ccc(Cl)cc1)C(=O)CN(c1ccccc1)S(=O)(=O)c1ccc(OC)cc1. The molecule has 2 amide bonds. The first-order chi connectivity index (χ1) is 20.2. The van der Waals surface area contributed by atoms with E-state index in [9.17, 15) is 18.0 Å². The monoisotopic (exact) mass is 611 g/mol. The lowest BCUT2D eigenvalue weighted by molar-refractivity contribution is -0.140. The summed E-state index contributed by atoms with van der Waals surface area (Å²) in [4.78, 5) is 29.3. The first-order valence-electron chi connectivity index (χ1n) is 14.3. The molecular weight excluding hydrogens is 574 g/mol. The van der Waals surface area contributed by atoms with Crippen molar-refractivity contribution in [1.82, 2.24) is 10.2 Å². The summed E-state index contributed by atoms with van der Waals surface area (Å²) >= 11 is 6.10. The summed E-state index contributed by atoms with van der Waals surface area (Å²) in [6, 6.07) is 20.9. The fraction of sp³-hybridized carbons (Fsp3) is 0.375. The number of nitrogens with one attached hydrogen (secondary N) is 1. The minimum absolute atomic E-state index is 0.0197. The van der Waals surface area contributed by atoms with Crippen molar-refractivity contribution in [3.63, 3.8) is 0 Å². The number of halogens is 1. The van der Waals surface area contributed by atoms with Crippen molar-refractivity contribution < 1.29 is 22.7 Å². The van der Waals surface area contributed by atoms with Gasteiger partial charge in [0.2, 0.25) is 11.8 Å². The zero-order valence-corrected chi connectivity index (χ0v) is 25.6. The van der Waals surface area contributed by atoms with Crippen molar-refractivity contribution in [2.75, 3.05) is 18.0 Å². The van der Waals surface area contributed by atoms with Crippen LogP contribution in [0.25, 0.3) is 0 Å². The van der Waals surface area contributed by atoms with Crippen LogP contribution in [0, 0.1) is 0 Å². The van der Waals surface area contributed by atoms with Crippen molar-refractivity contribution in [3.8, 4) is 5.75 Å². The summed E-state index contributed by atoms with van der Waals surface area (Å²) in [5.74, 6) is -0.201. The molecule has 1 atom stereocenters. The van der Waals surface area contributed by atoms with Gasteiger partial charge >= 0.3 is 0 Å². The molecule has 0 saturated heterocycles. The van der Waals surface area contributed by atoms with Gasteiger partial charge in [-0.25, -0.2) is 8.42 Å². The molecule has 0 bridgehead atoms. The van der Waals surface area contributed by atoms with E-state index in [0.29, 0.717) is 22.9 Å². The molecule has 224 valence electrons. The number of para-hydroxylation sites is 1. The minimum Gasteiger partial charge on any atom is -0.497 e. The number of ether oxygens (including phenoxy) is 1. The lowest BCUT2D eigenvalue weighted by Crippen LogP contribution is -2.54. The Morgan fingerprint density at radius 1 is 0.952 bits per heavy atom. The Bertz CT molecular complexity index is 1430. The zero-order chi connectivity index (χ0) is 30.1. The highest BCUT2D eigenvalue weighted by atomic mass is 35.5. The third-order valence-corrected chi connectivity index (χ3v) is 9.61. The normalized spacial score (nSPS) is 14.5. The number of hydrogen-bond donors (Lipinski definition) is 1. The average molecular weight is 612 g/mol. The van der Waals surface area contributed by atoms with Crippen molar-refractivity contribution in [3.05, 3.63) is 89.4 Å². The maximum Gasteiger partial charge on any atom is 0.264 e. The number of carbonyl (C=O) groups excluding carboxylic acids is 2. The van der Waals surface area contributed by atoms with Crippen LogP contribution in [0.5, 0.6) is 5.75 Å². The topological polar surface area (TPSA) is 96.0 Å². The number of carbonyl (C=O) groups is 2. The predicted molar refractivity (Wildman–Crippen MR) is 165 cm³/mol. The molecular formula is C32H38ClN3O5S. The van der Waals surface area contributed by atoms with E-state index in [1.807, 2.05) is 6.92 Å². The molecule has 3 aromatic rings. The second kappa shape index (κ2) is 14.6. The van der Waals surface area contributed by atoms with Crippen LogP contribution in [-0.2, 0) is 26.2 Å². The number of hydrogen-bond acceptors (Lipinski definition) is 5. The Morgan fingerprint density at radius 3 is 2.19 bits per heavy atom. The van der Waals surface area contributed by atoms with E-state index in [-0.39, 0.29) is 23.4 Å². The quantitative estimate of drug-likeness (QED) is 0.279. The van der Waals surface area contributed by atoms with E-state index in [2.05, 4.69) is 5.32 Å². The maximum absolute atomic E-state index is 14.2. The smallest absolute Gasteiger partial charge is 0.264 e. The lowest BCUT2D eigenvalue weighted by atomic mass is 9.95. The summed E-state index contributed by atoms with van der Waals surface area (Å²) in [6.45, 7) is 1.49. The molecule has 0 aromatic heterocycles. The van der Waals surface area contributed by atoms with Crippen molar-refractivity contribution in [1.29, 1.82) is 0 Å². The van der Waals surface area contributed by atoms with Gasteiger partial charge < -0.3 is 15.0 Å². The van der Waals surface area contributed by atoms with E-state index >= 15 is 0 Å². The molecule has 0 heterocycles. The van der Waals surface area contributed by atoms with Gasteiger partial charge in [0.1, 0.15) is 18.3 Å². The average Bonchev–Trinajstić information content (AvgIpc) is 3.01. The number of sulfonamides is 1. The van der Waals surface area contributed by atoms with Gasteiger partial charge in [-0.05, 0) is 73.4 Å². The van der Waals surface area contributed by atoms with E-state index in [1.54, 1.807) is 66.7 Å². The molecule has 1 saturated carbocycles. The van der Waals surface area contributed by atoms with Gasteiger partial charge in [-0.1, -0.05) is 68.1 Å². The molecule has 4 rings (SSSR count). The molecule has 3 aromatic carbocycles. The van der Waals surface area contributed by atoms with Crippen LogP contribution in [0.15, 0.2) is 83.8 Å². The number of nitrogens with zero attached hydrogens (tertiary/aromatic N) is 2. The fourth-order valence-electron chi connectivity index (χ4n) is 5.25. The van der Waals surface area contributed by atoms with Gasteiger partial charge in [-0.3, -0.25) is 13.9 Å². The molecule has 1 aliphatic rings. The second-order valence-corrected chi connectivity index (χ2v) is 12.7. The van der Waals surface area contributed by atoms with Gasteiger partial charge in [0.05, 0.1) is 17.7 Å². The minimum atomic E-state index is -4.15. The van der Waals surface area contributed by atoms with Gasteiger partial charge in [-0.15, -0.1) is 0 Å². The van der Waals surface area contributed by atoms with Crippen LogP contribution in [-0.4, -0.2) is 50.9 Å². The molecule has 42 heavy (non-hydrogen) atoms. The molecule has 8 nitrogen and oxygen atoms in total. The number of anilines is 1. The van der Waals surface area contributed by atoms with Gasteiger partial charge in [0.15, 0.2) is 0 Å². The highest BCUT2D eigenvalue weighted by Crippen LogP contribution is 2.26. The summed E-state index contributed by atoms with van der Waals surface area (Å²) in [6.07, 6.45) is 5.47. The highest BCUT2D eigenvalue weighted by Gasteiger charge is 2.34. The summed E-state index contributed by atoms with van der Waals surface area (Å²) < 4.78 is 34.2. The number of methoxy groups -OCH3 is 1. The van der Waals surface area contributed by atoms with E-state index in [1.165, 1.54) is 24.1 Å². The van der Waals surface area contributed by atoms with Crippen LogP contribution in [0.4, 0.5) is 5.69 Å². The molecule has 10 heteroatoms. The molecule has 1 aliphatic carbocycles. The van der Waals surface area contributed by atoms with Crippen LogP contribution in [0.2, 0.25) is 5.02 Å².